The number of aryl methyl sites for hydroxylation is 2. The first-order valence-corrected chi connectivity index (χ1v) is 6.89. The second kappa shape index (κ2) is 8.30. The molecule has 0 fully saturated rings. The van der Waals surface area contributed by atoms with Crippen LogP contribution in [-0.2, 0) is 19.1 Å². The zero-order chi connectivity index (χ0) is 18.3. The minimum atomic E-state index is -0.712. The number of hydrogen-bond donors (Lipinski definition) is 0. The van der Waals surface area contributed by atoms with Gasteiger partial charge in [-0.15, -0.1) is 0 Å². The summed E-state index contributed by atoms with van der Waals surface area (Å²) in [4.78, 5) is 23.0. The molecule has 0 heterocycles. The van der Waals surface area contributed by atoms with E-state index in [2.05, 4.69) is 9.47 Å². The van der Waals surface area contributed by atoms with E-state index in [4.69, 9.17) is 10.5 Å². The summed E-state index contributed by atoms with van der Waals surface area (Å²) in [6.07, 6.45) is 2.88. The second-order valence-electron chi connectivity index (χ2n) is 4.89. The summed E-state index contributed by atoms with van der Waals surface area (Å²) in [5.41, 5.74) is 2.65. The number of nitriles is 2. The van der Waals surface area contributed by atoms with Crippen LogP contribution in [0.1, 0.15) is 22.3 Å². The first-order chi connectivity index (χ1) is 11.4. The van der Waals surface area contributed by atoms with E-state index in [0.29, 0.717) is 11.1 Å². The van der Waals surface area contributed by atoms with Crippen LogP contribution in [0.5, 0.6) is 0 Å². The number of esters is 2. The van der Waals surface area contributed by atoms with Gasteiger partial charge in [-0.3, -0.25) is 0 Å². The Morgan fingerprint density at radius 2 is 1.21 bits per heavy atom. The van der Waals surface area contributed by atoms with Crippen molar-refractivity contribution in [2.45, 2.75) is 13.8 Å². The van der Waals surface area contributed by atoms with Crippen LogP contribution in [0.25, 0.3) is 12.2 Å². The van der Waals surface area contributed by atoms with Gasteiger partial charge in [0.25, 0.3) is 0 Å². The molecule has 0 radical (unpaired) electrons. The number of carbonyl (C=O) groups is 2. The Kier molecular flexibility index (Phi) is 6.46. The third kappa shape index (κ3) is 4.31. The van der Waals surface area contributed by atoms with Gasteiger partial charge in [-0.05, 0) is 48.3 Å². The third-order valence-corrected chi connectivity index (χ3v) is 3.31. The molecule has 0 atom stereocenters. The predicted octanol–water partition coefficient (Wildman–Crippen LogP) is 2.46. The molecule has 0 saturated carbocycles. The summed E-state index contributed by atoms with van der Waals surface area (Å²) in [6.45, 7) is 3.58. The molecular formula is C18H16N2O4. The molecule has 122 valence electrons. The van der Waals surface area contributed by atoms with Crippen molar-refractivity contribution >= 4 is 24.1 Å². The summed E-state index contributed by atoms with van der Waals surface area (Å²) in [7, 11) is 2.41. The van der Waals surface area contributed by atoms with Crippen LogP contribution in [0.15, 0.2) is 23.3 Å². The lowest BCUT2D eigenvalue weighted by molar-refractivity contribution is -0.136. The number of nitrogens with zero attached hydrogens (tertiary/aromatic N) is 2. The Morgan fingerprint density at radius 3 is 1.46 bits per heavy atom. The molecule has 1 aromatic carbocycles. The van der Waals surface area contributed by atoms with Crippen molar-refractivity contribution in [3.63, 3.8) is 0 Å². The summed E-state index contributed by atoms with van der Waals surface area (Å²) in [5.74, 6) is -1.42. The molecule has 6 heteroatoms. The maximum absolute atomic E-state index is 11.5. The third-order valence-electron chi connectivity index (χ3n) is 3.31. The van der Waals surface area contributed by atoms with E-state index in [-0.39, 0.29) is 11.1 Å². The van der Waals surface area contributed by atoms with Crippen molar-refractivity contribution in [2.24, 2.45) is 0 Å². The first-order valence-electron chi connectivity index (χ1n) is 6.89. The minimum Gasteiger partial charge on any atom is -0.465 e. The molecule has 6 nitrogen and oxygen atoms in total. The van der Waals surface area contributed by atoms with Crippen molar-refractivity contribution in [2.75, 3.05) is 14.2 Å². The molecule has 0 amide bonds. The van der Waals surface area contributed by atoms with Crippen LogP contribution in [-0.4, -0.2) is 26.2 Å². The normalized spacial score (nSPS) is 11.2. The lowest BCUT2D eigenvalue weighted by atomic mass is 9.97. The number of ether oxygens (including phenoxy) is 2. The fourth-order valence-corrected chi connectivity index (χ4v) is 1.98. The van der Waals surface area contributed by atoms with Crippen LogP contribution >= 0.6 is 0 Å². The Hall–Kier alpha value is -3.38. The molecule has 0 unspecified atom stereocenters. The van der Waals surface area contributed by atoms with E-state index in [0.717, 1.165) is 11.1 Å². The standard InChI is InChI=1S/C18H16N2O4/c1-11-5-14(8-16(10-20)18(22)24-4)12(2)6-13(11)7-15(9-19)17(21)23-3/h5-8H,1-4H3/b15-7-,16-8-. The molecule has 0 aliphatic heterocycles. The van der Waals surface area contributed by atoms with Gasteiger partial charge in [-0.2, -0.15) is 10.5 Å². The highest BCUT2D eigenvalue weighted by Crippen LogP contribution is 2.21. The Labute approximate surface area is 140 Å². The van der Waals surface area contributed by atoms with Crippen molar-refractivity contribution in [3.05, 3.63) is 45.5 Å². The van der Waals surface area contributed by atoms with Crippen LogP contribution in [0, 0.1) is 36.5 Å². The number of methoxy groups -OCH3 is 2. The quantitative estimate of drug-likeness (QED) is 0.479. The van der Waals surface area contributed by atoms with Gasteiger partial charge in [0.05, 0.1) is 14.2 Å². The van der Waals surface area contributed by atoms with Gasteiger partial charge < -0.3 is 9.47 Å². The average molecular weight is 324 g/mol. The molecule has 1 aromatic rings. The number of benzene rings is 1. The molecule has 24 heavy (non-hydrogen) atoms. The smallest absolute Gasteiger partial charge is 0.348 e. The molecule has 1 rings (SSSR count). The van der Waals surface area contributed by atoms with Crippen molar-refractivity contribution in [1.29, 1.82) is 10.5 Å². The first kappa shape index (κ1) is 18.7. The maximum atomic E-state index is 11.5. The van der Waals surface area contributed by atoms with Gasteiger partial charge in [0.15, 0.2) is 0 Å². The zero-order valence-corrected chi connectivity index (χ0v) is 13.8. The highest BCUT2D eigenvalue weighted by Gasteiger charge is 2.12. The number of hydrogen-bond acceptors (Lipinski definition) is 6. The topological polar surface area (TPSA) is 100 Å². The molecule has 0 saturated heterocycles. The van der Waals surface area contributed by atoms with Gasteiger partial charge >= 0.3 is 11.9 Å². The van der Waals surface area contributed by atoms with Gasteiger partial charge in [-0.1, -0.05) is 12.1 Å². The van der Waals surface area contributed by atoms with Gasteiger partial charge in [-0.25, -0.2) is 9.59 Å². The Morgan fingerprint density at radius 1 is 0.875 bits per heavy atom. The fraction of sp³-hybridized carbons (Fsp3) is 0.222. The van der Waals surface area contributed by atoms with E-state index < -0.39 is 11.9 Å². The second-order valence-corrected chi connectivity index (χ2v) is 4.89. The summed E-state index contributed by atoms with van der Waals surface area (Å²) in [5, 5.41) is 18.1. The average Bonchev–Trinajstić information content (AvgIpc) is 2.59. The van der Waals surface area contributed by atoms with Gasteiger partial charge in [0.1, 0.15) is 23.3 Å². The highest BCUT2D eigenvalue weighted by atomic mass is 16.5. The SMILES string of the molecule is COC(=O)/C(C#N)=C\c1cc(C)c(/C=C(/C#N)C(=O)OC)cc1C. The van der Waals surface area contributed by atoms with E-state index in [1.807, 2.05) is 0 Å². The van der Waals surface area contributed by atoms with Crippen LogP contribution < -0.4 is 0 Å². The van der Waals surface area contributed by atoms with E-state index in [9.17, 15) is 9.59 Å². The predicted molar refractivity (Wildman–Crippen MR) is 87.1 cm³/mol. The number of rotatable bonds is 4. The number of carbonyl (C=O) groups excluding carboxylic acids is 2. The van der Waals surface area contributed by atoms with Gasteiger partial charge in [0.2, 0.25) is 0 Å². The molecule has 0 bridgehead atoms. The van der Waals surface area contributed by atoms with Crippen molar-refractivity contribution < 1.29 is 19.1 Å². The minimum absolute atomic E-state index is 0.115. The summed E-state index contributed by atoms with van der Waals surface area (Å²) >= 11 is 0. The summed E-state index contributed by atoms with van der Waals surface area (Å²) < 4.78 is 9.10. The van der Waals surface area contributed by atoms with Crippen molar-refractivity contribution in [1.82, 2.24) is 0 Å². The molecule has 0 aliphatic carbocycles. The molecule has 0 spiro atoms. The van der Waals surface area contributed by atoms with Crippen molar-refractivity contribution in [3.8, 4) is 12.1 Å². The van der Waals surface area contributed by atoms with Crippen LogP contribution in [0.3, 0.4) is 0 Å². The fourth-order valence-electron chi connectivity index (χ4n) is 1.98. The van der Waals surface area contributed by atoms with Crippen LogP contribution in [0.4, 0.5) is 0 Å². The summed E-state index contributed by atoms with van der Waals surface area (Å²) in [6, 6.07) is 7.11. The molecule has 0 aliphatic rings. The lowest BCUT2D eigenvalue weighted by Crippen LogP contribution is -2.04. The molecule has 0 N–H and O–H groups in total. The van der Waals surface area contributed by atoms with E-state index in [1.165, 1.54) is 26.4 Å². The maximum Gasteiger partial charge on any atom is 0.348 e. The lowest BCUT2D eigenvalue weighted by Gasteiger charge is -2.08. The largest absolute Gasteiger partial charge is 0.465 e. The molecule has 0 aromatic heterocycles. The Bertz CT molecular complexity index is 751. The van der Waals surface area contributed by atoms with Crippen LogP contribution in [0.2, 0.25) is 0 Å². The van der Waals surface area contributed by atoms with E-state index >= 15 is 0 Å². The van der Waals surface area contributed by atoms with Gasteiger partial charge in [0, 0.05) is 0 Å². The highest BCUT2D eigenvalue weighted by molar-refractivity contribution is 5.99. The van der Waals surface area contributed by atoms with E-state index in [1.54, 1.807) is 38.1 Å². The zero-order valence-electron chi connectivity index (χ0n) is 13.8. The monoisotopic (exact) mass is 324 g/mol. The Balaban J connectivity index is 3.39. The molecular weight excluding hydrogens is 308 g/mol.